The van der Waals surface area contributed by atoms with Crippen molar-refractivity contribution in [1.29, 1.82) is 0 Å². The molecule has 1 rings (SSSR count). The average Bonchev–Trinajstić information content (AvgIpc) is 2.30. The van der Waals surface area contributed by atoms with Crippen LogP contribution in [-0.2, 0) is 4.79 Å². The Bertz CT molecular complexity index is 434. The van der Waals surface area contributed by atoms with Crippen LogP contribution in [0.4, 0.5) is 8.78 Å². The fraction of sp³-hybridized carbons (Fsp3) is 0.417. The third kappa shape index (κ3) is 2.44. The topological polar surface area (TPSA) is 57.5 Å². The van der Waals surface area contributed by atoms with Crippen molar-refractivity contribution in [3.63, 3.8) is 0 Å². The van der Waals surface area contributed by atoms with E-state index in [2.05, 4.69) is 0 Å². The number of hydrogen-bond acceptors (Lipinski definition) is 2. The van der Waals surface area contributed by atoms with E-state index in [1.165, 1.54) is 19.9 Å². The maximum Gasteiger partial charge on any atom is 0.336 e. The van der Waals surface area contributed by atoms with Crippen LogP contribution in [0.15, 0.2) is 18.2 Å². The summed E-state index contributed by atoms with van der Waals surface area (Å²) in [7, 11) is 0. The zero-order chi connectivity index (χ0) is 13.2. The Balaban J connectivity index is 3.14. The van der Waals surface area contributed by atoms with Gasteiger partial charge in [-0.05, 0) is 24.1 Å². The molecule has 3 nitrogen and oxygen atoms in total. The van der Waals surface area contributed by atoms with Gasteiger partial charge in [-0.25, -0.2) is 13.6 Å². The Kier molecular flexibility index (Phi) is 3.83. The zero-order valence-corrected chi connectivity index (χ0v) is 9.58. The van der Waals surface area contributed by atoms with Crippen LogP contribution >= 0.6 is 0 Å². The fourth-order valence-corrected chi connectivity index (χ4v) is 1.70. The lowest BCUT2D eigenvalue weighted by atomic mass is 9.81. The van der Waals surface area contributed by atoms with Crippen LogP contribution in [-0.4, -0.2) is 21.8 Å². The monoisotopic (exact) mass is 244 g/mol. The lowest BCUT2D eigenvalue weighted by Gasteiger charge is -2.29. The summed E-state index contributed by atoms with van der Waals surface area (Å²) < 4.78 is 25.8. The number of carbonyl (C=O) groups is 1. The molecule has 17 heavy (non-hydrogen) atoms. The zero-order valence-electron chi connectivity index (χ0n) is 9.58. The smallest absolute Gasteiger partial charge is 0.336 e. The molecule has 2 N–H and O–H groups in total. The predicted octanol–water partition coefficient (Wildman–Crippen LogP) is 2.29. The van der Waals surface area contributed by atoms with Crippen molar-refractivity contribution in [2.75, 3.05) is 0 Å². The van der Waals surface area contributed by atoms with E-state index in [1.807, 2.05) is 0 Å². The summed E-state index contributed by atoms with van der Waals surface area (Å²) in [6, 6.07) is 3.09. The molecule has 2 unspecified atom stereocenters. The van der Waals surface area contributed by atoms with Gasteiger partial charge in [-0.2, -0.15) is 0 Å². The minimum atomic E-state index is -1.98. The molecule has 2 atom stereocenters. The lowest BCUT2D eigenvalue weighted by Crippen LogP contribution is -2.42. The highest BCUT2D eigenvalue weighted by atomic mass is 19.2. The molecule has 0 saturated heterocycles. The number of carboxylic acids is 1. The largest absolute Gasteiger partial charge is 0.479 e. The Morgan fingerprint density at radius 1 is 1.41 bits per heavy atom. The van der Waals surface area contributed by atoms with Gasteiger partial charge in [0.25, 0.3) is 0 Å². The van der Waals surface area contributed by atoms with E-state index in [-0.39, 0.29) is 12.0 Å². The maximum atomic E-state index is 13.0. The Morgan fingerprint density at radius 2 is 2.00 bits per heavy atom. The highest BCUT2D eigenvalue weighted by Crippen LogP contribution is 2.31. The van der Waals surface area contributed by atoms with Crippen molar-refractivity contribution in [3.8, 4) is 0 Å². The maximum absolute atomic E-state index is 13.0. The first kappa shape index (κ1) is 13.6. The minimum Gasteiger partial charge on any atom is -0.479 e. The predicted molar refractivity (Wildman–Crippen MR) is 57.6 cm³/mol. The van der Waals surface area contributed by atoms with Gasteiger partial charge in [0.2, 0.25) is 0 Å². The Labute approximate surface area is 97.7 Å². The van der Waals surface area contributed by atoms with Gasteiger partial charge < -0.3 is 10.2 Å². The molecule has 0 spiro atoms. The second-order valence-corrected chi connectivity index (χ2v) is 3.98. The normalized spacial score (nSPS) is 16.3. The van der Waals surface area contributed by atoms with Gasteiger partial charge in [-0.1, -0.05) is 19.9 Å². The molecule has 5 heteroatoms. The van der Waals surface area contributed by atoms with Crippen LogP contribution in [0.1, 0.15) is 31.7 Å². The number of hydrogen-bond donors (Lipinski definition) is 2. The summed E-state index contributed by atoms with van der Waals surface area (Å²) in [6.07, 6.45) is -0.0253. The Morgan fingerprint density at radius 3 is 2.41 bits per heavy atom. The van der Waals surface area contributed by atoms with Gasteiger partial charge in [0.15, 0.2) is 17.2 Å². The van der Waals surface area contributed by atoms with E-state index in [9.17, 15) is 18.7 Å². The third-order valence-electron chi connectivity index (χ3n) is 3.07. The summed E-state index contributed by atoms with van der Waals surface area (Å²) >= 11 is 0. The lowest BCUT2D eigenvalue weighted by molar-refractivity contribution is -0.161. The fourth-order valence-electron chi connectivity index (χ4n) is 1.70. The van der Waals surface area contributed by atoms with Crippen LogP contribution < -0.4 is 0 Å². The molecule has 1 aromatic carbocycles. The van der Waals surface area contributed by atoms with Crippen LogP contribution in [0.25, 0.3) is 0 Å². The van der Waals surface area contributed by atoms with Gasteiger partial charge >= 0.3 is 5.97 Å². The summed E-state index contributed by atoms with van der Waals surface area (Å²) in [5.41, 5.74) is -1.74. The molecule has 0 fully saturated rings. The van der Waals surface area contributed by atoms with Crippen molar-refractivity contribution in [3.05, 3.63) is 35.4 Å². The summed E-state index contributed by atoms with van der Waals surface area (Å²) in [5, 5.41) is 18.9. The highest BCUT2D eigenvalue weighted by molar-refractivity contribution is 5.78. The molecule has 0 aliphatic heterocycles. The second kappa shape index (κ2) is 4.79. The molecule has 0 bridgehead atoms. The molecule has 0 aliphatic carbocycles. The number of benzene rings is 1. The molecule has 1 aromatic rings. The van der Waals surface area contributed by atoms with Crippen molar-refractivity contribution in [2.24, 2.45) is 0 Å². The molecule has 0 aromatic heterocycles. The standard InChI is InChI=1S/C12H14F2O3/c1-3-12(17,11(15)16)7(2)8-4-5-9(13)10(14)6-8/h4-7,17H,3H2,1-2H3,(H,15,16). The van der Waals surface area contributed by atoms with Gasteiger partial charge in [-0.3, -0.25) is 0 Å². The molecule has 0 amide bonds. The van der Waals surface area contributed by atoms with Crippen molar-refractivity contribution < 1.29 is 23.8 Å². The third-order valence-corrected chi connectivity index (χ3v) is 3.07. The summed E-state index contributed by atoms with van der Waals surface area (Å²) in [6.45, 7) is 2.98. The minimum absolute atomic E-state index is 0.0253. The van der Waals surface area contributed by atoms with Crippen molar-refractivity contribution >= 4 is 5.97 Å². The van der Waals surface area contributed by atoms with E-state index in [4.69, 9.17) is 5.11 Å². The van der Waals surface area contributed by atoms with Gasteiger partial charge in [0, 0.05) is 5.92 Å². The summed E-state index contributed by atoms with van der Waals surface area (Å²) in [5.74, 6) is -4.27. The van der Waals surface area contributed by atoms with E-state index < -0.39 is 29.1 Å². The molecular weight excluding hydrogens is 230 g/mol. The van der Waals surface area contributed by atoms with Crippen LogP contribution in [0.3, 0.4) is 0 Å². The van der Waals surface area contributed by atoms with Crippen LogP contribution in [0, 0.1) is 11.6 Å². The number of aliphatic carboxylic acids is 1. The van der Waals surface area contributed by atoms with E-state index >= 15 is 0 Å². The SMILES string of the molecule is CCC(O)(C(=O)O)C(C)c1ccc(F)c(F)c1. The molecule has 0 aliphatic rings. The van der Waals surface area contributed by atoms with Crippen LogP contribution in [0.5, 0.6) is 0 Å². The number of rotatable bonds is 4. The molecule has 0 heterocycles. The molecule has 0 radical (unpaired) electrons. The van der Waals surface area contributed by atoms with Gasteiger partial charge in [-0.15, -0.1) is 0 Å². The first-order valence-electron chi connectivity index (χ1n) is 5.23. The molecule has 94 valence electrons. The first-order valence-corrected chi connectivity index (χ1v) is 5.23. The average molecular weight is 244 g/mol. The number of halogens is 2. The van der Waals surface area contributed by atoms with Gasteiger partial charge in [0.05, 0.1) is 0 Å². The molecule has 0 saturated carbocycles. The first-order chi connectivity index (χ1) is 7.82. The van der Waals surface area contributed by atoms with E-state index in [1.54, 1.807) is 0 Å². The van der Waals surface area contributed by atoms with E-state index in [0.29, 0.717) is 0 Å². The van der Waals surface area contributed by atoms with Gasteiger partial charge in [0.1, 0.15) is 0 Å². The Hall–Kier alpha value is -1.49. The van der Waals surface area contributed by atoms with Crippen LogP contribution in [0.2, 0.25) is 0 Å². The molecular formula is C12H14F2O3. The van der Waals surface area contributed by atoms with Crippen molar-refractivity contribution in [2.45, 2.75) is 31.8 Å². The highest BCUT2D eigenvalue weighted by Gasteiger charge is 2.40. The summed E-state index contributed by atoms with van der Waals surface area (Å²) in [4.78, 5) is 11.0. The quantitative estimate of drug-likeness (QED) is 0.854. The second-order valence-electron chi connectivity index (χ2n) is 3.98. The van der Waals surface area contributed by atoms with Crippen molar-refractivity contribution in [1.82, 2.24) is 0 Å². The number of aliphatic hydroxyl groups is 1. The number of carboxylic acid groups (broad SMARTS) is 1. The van der Waals surface area contributed by atoms with E-state index in [0.717, 1.165) is 12.1 Å².